The van der Waals surface area contributed by atoms with E-state index in [0.29, 0.717) is 5.11 Å². The molecule has 3 N–H and O–H groups in total. The molecule has 0 amide bonds. The number of hydrogen-bond acceptors (Lipinski definition) is 1. The highest BCUT2D eigenvalue weighted by atomic mass is 32.1. The topological polar surface area (TPSA) is 39.8 Å². The first-order chi connectivity index (χ1) is 7.29. The van der Waals surface area contributed by atoms with Crippen molar-refractivity contribution in [2.45, 2.75) is 6.92 Å². The smallest absolute Gasteiger partial charge is 0.170 e. The van der Waals surface area contributed by atoms with Crippen molar-refractivity contribution < 1.29 is 0 Å². The monoisotopic (exact) mass is 219 g/mol. The standard InChI is InChI=1S/C11H13N3S/c1-2-12-11(15)14-9-4-3-8-5-6-13-10(8)7-9/h3-7,13H,2H2,1H3,(H2,12,14,15). The van der Waals surface area contributed by atoms with Gasteiger partial charge in [-0.25, -0.2) is 0 Å². The van der Waals surface area contributed by atoms with E-state index in [1.54, 1.807) is 0 Å². The average molecular weight is 219 g/mol. The third kappa shape index (κ3) is 2.27. The Morgan fingerprint density at radius 2 is 2.27 bits per heavy atom. The summed E-state index contributed by atoms with van der Waals surface area (Å²) < 4.78 is 0. The molecule has 3 nitrogen and oxygen atoms in total. The lowest BCUT2D eigenvalue weighted by atomic mass is 10.2. The van der Waals surface area contributed by atoms with E-state index in [9.17, 15) is 0 Å². The van der Waals surface area contributed by atoms with Crippen LogP contribution >= 0.6 is 12.2 Å². The van der Waals surface area contributed by atoms with E-state index in [1.807, 2.05) is 31.3 Å². The summed E-state index contributed by atoms with van der Waals surface area (Å²) >= 11 is 5.10. The number of fused-ring (bicyclic) bond motifs is 1. The molecule has 78 valence electrons. The first-order valence-corrected chi connectivity index (χ1v) is 5.32. The number of benzene rings is 1. The fraction of sp³-hybridized carbons (Fsp3) is 0.182. The van der Waals surface area contributed by atoms with Crippen LogP contribution in [-0.2, 0) is 0 Å². The van der Waals surface area contributed by atoms with Gasteiger partial charge < -0.3 is 15.6 Å². The molecule has 0 fully saturated rings. The summed E-state index contributed by atoms with van der Waals surface area (Å²) in [7, 11) is 0. The van der Waals surface area contributed by atoms with Crippen molar-refractivity contribution in [1.29, 1.82) is 0 Å². The van der Waals surface area contributed by atoms with E-state index in [4.69, 9.17) is 12.2 Å². The zero-order valence-corrected chi connectivity index (χ0v) is 9.32. The van der Waals surface area contributed by atoms with Gasteiger partial charge >= 0.3 is 0 Å². The van der Waals surface area contributed by atoms with Crippen LogP contribution in [0.25, 0.3) is 10.9 Å². The minimum absolute atomic E-state index is 0.656. The van der Waals surface area contributed by atoms with Crippen LogP contribution in [0.5, 0.6) is 0 Å². The van der Waals surface area contributed by atoms with Crippen molar-refractivity contribution in [3.05, 3.63) is 30.5 Å². The Kier molecular flexibility index (Phi) is 2.87. The van der Waals surface area contributed by atoms with Gasteiger partial charge in [-0.3, -0.25) is 0 Å². The number of nitrogens with one attached hydrogen (secondary N) is 3. The van der Waals surface area contributed by atoms with Gasteiger partial charge in [0.15, 0.2) is 5.11 Å². The predicted octanol–water partition coefficient (Wildman–Crippen LogP) is 2.47. The first-order valence-electron chi connectivity index (χ1n) is 4.91. The molecule has 4 heteroatoms. The molecular weight excluding hydrogens is 206 g/mol. The number of aromatic nitrogens is 1. The Balaban J connectivity index is 2.17. The SMILES string of the molecule is CCNC(=S)Nc1ccc2cc[nH]c2c1. The van der Waals surface area contributed by atoms with Crippen LogP contribution in [0, 0.1) is 0 Å². The predicted molar refractivity (Wildman–Crippen MR) is 68.2 cm³/mol. The summed E-state index contributed by atoms with van der Waals surface area (Å²) in [5.41, 5.74) is 2.11. The van der Waals surface area contributed by atoms with Gasteiger partial charge in [-0.1, -0.05) is 6.07 Å². The molecule has 0 bridgehead atoms. The number of anilines is 1. The molecule has 0 aliphatic carbocycles. The molecule has 0 atom stereocenters. The summed E-state index contributed by atoms with van der Waals surface area (Å²) in [6.45, 7) is 2.85. The minimum atomic E-state index is 0.656. The van der Waals surface area contributed by atoms with E-state index in [-0.39, 0.29) is 0 Å². The van der Waals surface area contributed by atoms with Gasteiger partial charge in [0.1, 0.15) is 0 Å². The Hall–Kier alpha value is -1.55. The third-order valence-electron chi connectivity index (χ3n) is 2.15. The van der Waals surface area contributed by atoms with Gasteiger partial charge in [-0.05, 0) is 42.7 Å². The van der Waals surface area contributed by atoms with Gasteiger partial charge in [0.25, 0.3) is 0 Å². The van der Waals surface area contributed by atoms with Crippen molar-refractivity contribution >= 4 is 33.9 Å². The average Bonchev–Trinajstić information content (AvgIpc) is 2.65. The van der Waals surface area contributed by atoms with Crippen molar-refractivity contribution in [3.63, 3.8) is 0 Å². The maximum atomic E-state index is 5.10. The van der Waals surface area contributed by atoms with E-state index in [2.05, 4.69) is 21.7 Å². The fourth-order valence-electron chi connectivity index (χ4n) is 1.46. The van der Waals surface area contributed by atoms with Gasteiger partial charge in [-0.15, -0.1) is 0 Å². The molecular formula is C11H13N3S. The Morgan fingerprint density at radius 3 is 3.07 bits per heavy atom. The van der Waals surface area contributed by atoms with Gasteiger partial charge in [0.2, 0.25) is 0 Å². The van der Waals surface area contributed by atoms with Gasteiger partial charge in [-0.2, -0.15) is 0 Å². The highest BCUT2D eigenvalue weighted by molar-refractivity contribution is 7.80. The minimum Gasteiger partial charge on any atom is -0.363 e. The summed E-state index contributed by atoms with van der Waals surface area (Å²) in [4.78, 5) is 3.16. The molecule has 15 heavy (non-hydrogen) atoms. The van der Waals surface area contributed by atoms with Crippen molar-refractivity contribution in [1.82, 2.24) is 10.3 Å². The molecule has 0 radical (unpaired) electrons. The lowest BCUT2D eigenvalue weighted by molar-refractivity contribution is 0.979. The molecule has 0 saturated carbocycles. The van der Waals surface area contributed by atoms with Gasteiger partial charge in [0.05, 0.1) is 0 Å². The van der Waals surface area contributed by atoms with E-state index in [1.165, 1.54) is 5.39 Å². The van der Waals surface area contributed by atoms with E-state index < -0.39 is 0 Å². The molecule has 0 spiro atoms. The third-order valence-corrected chi connectivity index (χ3v) is 2.40. The highest BCUT2D eigenvalue weighted by Gasteiger charge is 1.98. The molecule has 2 rings (SSSR count). The summed E-state index contributed by atoms with van der Waals surface area (Å²) in [6, 6.07) is 8.16. The second-order valence-electron chi connectivity index (χ2n) is 3.26. The largest absolute Gasteiger partial charge is 0.363 e. The lowest BCUT2D eigenvalue weighted by Gasteiger charge is -2.08. The second-order valence-corrected chi connectivity index (χ2v) is 3.67. The maximum Gasteiger partial charge on any atom is 0.170 e. The number of hydrogen-bond donors (Lipinski definition) is 3. The van der Waals surface area contributed by atoms with Crippen LogP contribution in [0.4, 0.5) is 5.69 Å². The number of rotatable bonds is 2. The first kappa shape index (κ1) is 9.98. The quantitative estimate of drug-likeness (QED) is 0.680. The van der Waals surface area contributed by atoms with Crippen LogP contribution in [0.15, 0.2) is 30.5 Å². The second kappa shape index (κ2) is 4.31. The van der Waals surface area contributed by atoms with Crippen molar-refractivity contribution in [2.24, 2.45) is 0 Å². The van der Waals surface area contributed by atoms with Crippen LogP contribution in [-0.4, -0.2) is 16.6 Å². The molecule has 0 saturated heterocycles. The normalized spacial score (nSPS) is 10.2. The molecule has 0 aliphatic heterocycles. The highest BCUT2D eigenvalue weighted by Crippen LogP contribution is 2.17. The lowest BCUT2D eigenvalue weighted by Crippen LogP contribution is -2.27. The van der Waals surface area contributed by atoms with Crippen molar-refractivity contribution in [3.8, 4) is 0 Å². The van der Waals surface area contributed by atoms with E-state index in [0.717, 1.165) is 17.7 Å². The van der Waals surface area contributed by atoms with E-state index >= 15 is 0 Å². The van der Waals surface area contributed by atoms with Crippen LogP contribution in [0.1, 0.15) is 6.92 Å². The Morgan fingerprint density at radius 1 is 1.40 bits per heavy atom. The molecule has 2 aromatic rings. The maximum absolute atomic E-state index is 5.10. The Bertz CT molecular complexity index is 475. The molecule has 0 aliphatic rings. The molecule has 1 heterocycles. The zero-order valence-electron chi connectivity index (χ0n) is 8.50. The molecule has 1 aromatic heterocycles. The van der Waals surface area contributed by atoms with Crippen LogP contribution < -0.4 is 10.6 Å². The Labute approximate surface area is 93.9 Å². The van der Waals surface area contributed by atoms with Crippen LogP contribution in [0.3, 0.4) is 0 Å². The van der Waals surface area contributed by atoms with Crippen LogP contribution in [0.2, 0.25) is 0 Å². The summed E-state index contributed by atoms with van der Waals surface area (Å²) in [5, 5.41) is 8.03. The number of thiocarbonyl (C=S) groups is 1. The summed E-state index contributed by atoms with van der Waals surface area (Å²) in [6.07, 6.45) is 1.93. The number of H-pyrrole nitrogens is 1. The summed E-state index contributed by atoms with van der Waals surface area (Å²) in [5.74, 6) is 0. The zero-order chi connectivity index (χ0) is 10.7. The number of aromatic amines is 1. The van der Waals surface area contributed by atoms with Gasteiger partial charge in [0, 0.05) is 23.9 Å². The molecule has 1 aromatic carbocycles. The van der Waals surface area contributed by atoms with Crippen molar-refractivity contribution in [2.75, 3.05) is 11.9 Å². The fourth-order valence-corrected chi connectivity index (χ4v) is 1.72. The molecule has 0 unspecified atom stereocenters.